The van der Waals surface area contributed by atoms with Crippen LogP contribution in [0.25, 0.3) is 0 Å². The van der Waals surface area contributed by atoms with Gasteiger partial charge in [0.2, 0.25) is 5.91 Å². The molecule has 1 aliphatic rings. The van der Waals surface area contributed by atoms with E-state index in [0.717, 1.165) is 5.69 Å². The SMILES string of the molecule is O=C1CC[C@H](CF)N1c1ccc(Cl)cc1. The van der Waals surface area contributed by atoms with Crippen LogP contribution in [0.15, 0.2) is 24.3 Å². The Morgan fingerprint density at radius 3 is 2.67 bits per heavy atom. The van der Waals surface area contributed by atoms with E-state index < -0.39 is 6.67 Å². The highest BCUT2D eigenvalue weighted by molar-refractivity contribution is 6.30. The van der Waals surface area contributed by atoms with Crippen LogP contribution in [0.3, 0.4) is 0 Å². The molecule has 1 fully saturated rings. The molecule has 0 aromatic heterocycles. The molecule has 80 valence electrons. The topological polar surface area (TPSA) is 20.3 Å². The molecule has 0 bridgehead atoms. The second-order valence-corrected chi connectivity index (χ2v) is 4.02. The molecule has 1 amide bonds. The monoisotopic (exact) mass is 227 g/mol. The minimum atomic E-state index is -0.492. The van der Waals surface area contributed by atoms with Gasteiger partial charge in [0, 0.05) is 17.1 Å². The number of hydrogen-bond donors (Lipinski definition) is 0. The van der Waals surface area contributed by atoms with Gasteiger partial charge < -0.3 is 4.90 Å². The Balaban J connectivity index is 2.28. The summed E-state index contributed by atoms with van der Waals surface area (Å²) in [7, 11) is 0. The third-order valence-corrected chi connectivity index (χ3v) is 2.86. The van der Waals surface area contributed by atoms with Crippen molar-refractivity contribution in [2.24, 2.45) is 0 Å². The van der Waals surface area contributed by atoms with Gasteiger partial charge in [0.05, 0.1) is 6.04 Å². The zero-order valence-corrected chi connectivity index (χ0v) is 8.88. The summed E-state index contributed by atoms with van der Waals surface area (Å²) >= 11 is 5.75. The van der Waals surface area contributed by atoms with Crippen LogP contribution in [0, 0.1) is 0 Å². The summed E-state index contributed by atoms with van der Waals surface area (Å²) in [5.74, 6) is -0.0139. The van der Waals surface area contributed by atoms with Crippen LogP contribution in [-0.2, 0) is 4.79 Å². The normalized spacial score (nSPS) is 21.1. The smallest absolute Gasteiger partial charge is 0.227 e. The van der Waals surface area contributed by atoms with E-state index in [1.807, 2.05) is 0 Å². The summed E-state index contributed by atoms with van der Waals surface area (Å²) < 4.78 is 12.7. The molecule has 2 rings (SSSR count). The summed E-state index contributed by atoms with van der Waals surface area (Å²) in [6.45, 7) is -0.492. The largest absolute Gasteiger partial charge is 0.307 e. The second-order valence-electron chi connectivity index (χ2n) is 3.59. The van der Waals surface area contributed by atoms with Gasteiger partial charge in [0.15, 0.2) is 0 Å². The standard InChI is InChI=1S/C11H11ClFNO/c12-8-1-3-9(4-2-8)14-10(7-13)5-6-11(14)15/h1-4,10H,5-7H2/t10-/m1/s1. The summed E-state index contributed by atoms with van der Waals surface area (Å²) in [4.78, 5) is 13.1. The minimum absolute atomic E-state index is 0.0139. The second kappa shape index (κ2) is 4.19. The molecule has 0 radical (unpaired) electrons. The van der Waals surface area contributed by atoms with Gasteiger partial charge in [-0.3, -0.25) is 4.79 Å². The number of carbonyl (C=O) groups excluding carboxylic acids is 1. The predicted molar refractivity (Wildman–Crippen MR) is 57.9 cm³/mol. The van der Waals surface area contributed by atoms with E-state index in [1.165, 1.54) is 4.90 Å². The molecule has 0 unspecified atom stereocenters. The third kappa shape index (κ3) is 1.97. The van der Waals surface area contributed by atoms with Crippen molar-refractivity contribution in [1.82, 2.24) is 0 Å². The van der Waals surface area contributed by atoms with Crippen molar-refractivity contribution in [3.05, 3.63) is 29.3 Å². The van der Waals surface area contributed by atoms with Crippen molar-refractivity contribution >= 4 is 23.2 Å². The van der Waals surface area contributed by atoms with E-state index in [0.29, 0.717) is 17.9 Å². The first-order valence-corrected chi connectivity index (χ1v) is 5.24. The molecule has 2 nitrogen and oxygen atoms in total. The number of benzene rings is 1. The van der Waals surface area contributed by atoms with Gasteiger partial charge in [0.1, 0.15) is 6.67 Å². The first-order chi connectivity index (χ1) is 7.22. The zero-order valence-electron chi connectivity index (χ0n) is 8.12. The number of rotatable bonds is 2. The number of alkyl halides is 1. The number of amides is 1. The summed E-state index contributed by atoms with van der Waals surface area (Å²) in [5, 5.41) is 0.613. The van der Waals surface area contributed by atoms with Crippen molar-refractivity contribution in [3.8, 4) is 0 Å². The minimum Gasteiger partial charge on any atom is -0.307 e. The predicted octanol–water partition coefficient (Wildman–Crippen LogP) is 2.80. The summed E-state index contributed by atoms with van der Waals surface area (Å²) in [6.07, 6.45) is 1.02. The van der Waals surface area contributed by atoms with Crippen molar-refractivity contribution in [3.63, 3.8) is 0 Å². The molecule has 1 aromatic carbocycles. The molecule has 0 spiro atoms. The average Bonchev–Trinajstić information content (AvgIpc) is 2.61. The fraction of sp³-hybridized carbons (Fsp3) is 0.364. The molecular formula is C11H11ClFNO. The van der Waals surface area contributed by atoms with Crippen molar-refractivity contribution < 1.29 is 9.18 Å². The first-order valence-electron chi connectivity index (χ1n) is 4.86. The number of nitrogens with zero attached hydrogens (tertiary/aromatic N) is 1. The molecule has 1 aliphatic heterocycles. The summed E-state index contributed by atoms with van der Waals surface area (Å²) in [6, 6.07) is 6.59. The van der Waals surface area contributed by atoms with Crippen LogP contribution in [-0.4, -0.2) is 18.6 Å². The number of halogens is 2. The molecule has 1 heterocycles. The lowest BCUT2D eigenvalue weighted by Crippen LogP contribution is -2.34. The van der Waals surface area contributed by atoms with Crippen molar-refractivity contribution in [2.75, 3.05) is 11.6 Å². The number of anilines is 1. The van der Waals surface area contributed by atoms with Crippen LogP contribution in [0.2, 0.25) is 5.02 Å². The summed E-state index contributed by atoms with van der Waals surface area (Å²) in [5.41, 5.74) is 0.726. The average molecular weight is 228 g/mol. The lowest BCUT2D eigenvalue weighted by molar-refractivity contribution is -0.117. The van der Waals surface area contributed by atoms with Gasteiger partial charge >= 0.3 is 0 Å². The fourth-order valence-corrected chi connectivity index (χ4v) is 1.97. The van der Waals surface area contributed by atoms with E-state index in [-0.39, 0.29) is 11.9 Å². The Hall–Kier alpha value is -1.09. The van der Waals surface area contributed by atoms with E-state index in [1.54, 1.807) is 24.3 Å². The lowest BCUT2D eigenvalue weighted by atomic mass is 10.2. The van der Waals surface area contributed by atoms with Crippen LogP contribution in [0.4, 0.5) is 10.1 Å². The lowest BCUT2D eigenvalue weighted by Gasteiger charge is -2.22. The molecule has 1 aromatic rings. The Labute approximate surface area is 92.6 Å². The first kappa shape index (κ1) is 10.4. The van der Waals surface area contributed by atoms with Gasteiger partial charge in [-0.05, 0) is 30.7 Å². The molecule has 1 atom stereocenters. The van der Waals surface area contributed by atoms with Gasteiger partial charge in [-0.1, -0.05) is 11.6 Å². The number of carbonyl (C=O) groups is 1. The maximum Gasteiger partial charge on any atom is 0.227 e. The molecule has 0 saturated carbocycles. The van der Waals surface area contributed by atoms with Crippen LogP contribution < -0.4 is 4.90 Å². The van der Waals surface area contributed by atoms with Gasteiger partial charge in [-0.25, -0.2) is 4.39 Å². The Bertz CT molecular complexity index is 365. The Morgan fingerprint density at radius 1 is 1.40 bits per heavy atom. The molecule has 0 aliphatic carbocycles. The highest BCUT2D eigenvalue weighted by Crippen LogP contribution is 2.27. The maximum atomic E-state index is 12.7. The van der Waals surface area contributed by atoms with Crippen LogP contribution in [0.1, 0.15) is 12.8 Å². The quantitative estimate of drug-likeness (QED) is 0.761. The van der Waals surface area contributed by atoms with Gasteiger partial charge in [0.25, 0.3) is 0 Å². The van der Waals surface area contributed by atoms with Crippen molar-refractivity contribution in [2.45, 2.75) is 18.9 Å². The third-order valence-electron chi connectivity index (χ3n) is 2.61. The molecular weight excluding hydrogens is 217 g/mol. The van der Waals surface area contributed by atoms with Gasteiger partial charge in [-0.15, -0.1) is 0 Å². The highest BCUT2D eigenvalue weighted by Gasteiger charge is 2.31. The Morgan fingerprint density at radius 2 is 2.07 bits per heavy atom. The number of hydrogen-bond acceptors (Lipinski definition) is 1. The van der Waals surface area contributed by atoms with E-state index in [9.17, 15) is 9.18 Å². The van der Waals surface area contributed by atoms with Gasteiger partial charge in [-0.2, -0.15) is 0 Å². The van der Waals surface area contributed by atoms with Crippen LogP contribution >= 0.6 is 11.6 Å². The Kier molecular flexibility index (Phi) is 2.91. The van der Waals surface area contributed by atoms with Crippen molar-refractivity contribution in [1.29, 1.82) is 0 Å². The zero-order chi connectivity index (χ0) is 10.8. The fourth-order valence-electron chi connectivity index (χ4n) is 1.85. The van der Waals surface area contributed by atoms with Crippen LogP contribution in [0.5, 0.6) is 0 Å². The molecule has 15 heavy (non-hydrogen) atoms. The highest BCUT2D eigenvalue weighted by atomic mass is 35.5. The maximum absolute atomic E-state index is 12.7. The van der Waals surface area contributed by atoms with E-state index in [4.69, 9.17) is 11.6 Å². The molecule has 1 saturated heterocycles. The molecule has 0 N–H and O–H groups in total. The van der Waals surface area contributed by atoms with E-state index in [2.05, 4.69) is 0 Å². The van der Waals surface area contributed by atoms with E-state index >= 15 is 0 Å². The molecule has 4 heteroatoms.